The van der Waals surface area contributed by atoms with Crippen LogP contribution in [0, 0.1) is 6.92 Å². The summed E-state index contributed by atoms with van der Waals surface area (Å²) in [5.74, 6) is 0.201. The van der Waals surface area contributed by atoms with E-state index in [1.165, 1.54) is 10.7 Å². The van der Waals surface area contributed by atoms with E-state index in [-0.39, 0.29) is 11.5 Å². The second-order valence-electron chi connectivity index (χ2n) is 4.99. The average molecular weight is 293 g/mol. The van der Waals surface area contributed by atoms with E-state index in [1.54, 1.807) is 19.3 Å². The molecule has 2 N–H and O–H groups in total. The third-order valence-electron chi connectivity index (χ3n) is 3.44. The number of nitrogen functional groups attached to an aromatic ring is 1. The Balaban J connectivity index is 2.27. The van der Waals surface area contributed by atoms with Gasteiger partial charge in [-0.05, 0) is 18.6 Å². The predicted octanol–water partition coefficient (Wildman–Crippen LogP) is 1.79. The summed E-state index contributed by atoms with van der Waals surface area (Å²) in [7, 11) is 1.61. The van der Waals surface area contributed by atoms with Gasteiger partial charge in [0.1, 0.15) is 0 Å². The molecule has 1 aromatic carbocycles. The second-order valence-corrected chi connectivity index (χ2v) is 4.99. The topological polar surface area (TPSA) is 86.7 Å². The molecule has 0 fully saturated rings. The summed E-state index contributed by atoms with van der Waals surface area (Å²) in [6, 6.07) is 11.0. The molecular weight excluding hydrogens is 278 g/mol. The van der Waals surface area contributed by atoms with Crippen molar-refractivity contribution in [3.05, 3.63) is 58.5 Å². The summed E-state index contributed by atoms with van der Waals surface area (Å²) >= 11 is 0. The van der Waals surface area contributed by atoms with E-state index in [9.17, 15) is 4.79 Å². The first-order valence-corrected chi connectivity index (χ1v) is 6.79. The van der Waals surface area contributed by atoms with Crippen molar-refractivity contribution >= 4 is 5.95 Å². The first kappa shape index (κ1) is 13.9. The molecule has 0 bridgehead atoms. The molecule has 22 heavy (non-hydrogen) atoms. The van der Waals surface area contributed by atoms with Gasteiger partial charge in [-0.2, -0.15) is 5.10 Å². The number of rotatable bonds is 2. The van der Waals surface area contributed by atoms with Gasteiger partial charge in [0.25, 0.3) is 5.56 Å². The maximum atomic E-state index is 11.5. The van der Waals surface area contributed by atoms with Gasteiger partial charge in [-0.15, -0.1) is 0 Å². The number of hydrogen-bond acceptors (Lipinski definition) is 5. The molecule has 0 unspecified atom stereocenters. The highest BCUT2D eigenvalue weighted by molar-refractivity contribution is 5.80. The van der Waals surface area contributed by atoms with Gasteiger partial charge in [0, 0.05) is 30.4 Å². The van der Waals surface area contributed by atoms with Crippen molar-refractivity contribution in [3.8, 4) is 22.5 Å². The van der Waals surface area contributed by atoms with Crippen molar-refractivity contribution in [1.29, 1.82) is 0 Å². The van der Waals surface area contributed by atoms with Gasteiger partial charge in [-0.25, -0.2) is 14.6 Å². The highest BCUT2D eigenvalue weighted by Gasteiger charge is 2.14. The minimum Gasteiger partial charge on any atom is -0.368 e. The molecule has 2 heterocycles. The number of nitrogens with two attached hydrogens (primary N) is 1. The highest BCUT2D eigenvalue weighted by atomic mass is 16.1. The number of aromatic nitrogens is 4. The van der Waals surface area contributed by atoms with Gasteiger partial charge in [-0.3, -0.25) is 4.79 Å². The summed E-state index contributed by atoms with van der Waals surface area (Å²) in [4.78, 5) is 19.9. The van der Waals surface area contributed by atoms with Crippen LogP contribution in [0.2, 0.25) is 0 Å². The molecular formula is C16H15N5O. The first-order valence-electron chi connectivity index (χ1n) is 6.79. The van der Waals surface area contributed by atoms with Gasteiger partial charge in [0.15, 0.2) is 0 Å². The Morgan fingerprint density at radius 1 is 1.09 bits per heavy atom. The Kier molecular flexibility index (Phi) is 3.42. The number of hydrogen-bond donors (Lipinski definition) is 1. The zero-order valence-electron chi connectivity index (χ0n) is 12.3. The highest BCUT2D eigenvalue weighted by Crippen LogP contribution is 2.30. The van der Waals surface area contributed by atoms with Crippen molar-refractivity contribution in [2.75, 3.05) is 5.73 Å². The molecule has 110 valence electrons. The first-order chi connectivity index (χ1) is 10.6. The lowest BCUT2D eigenvalue weighted by Gasteiger charge is -2.11. The lowest BCUT2D eigenvalue weighted by Crippen LogP contribution is -2.18. The van der Waals surface area contributed by atoms with E-state index in [1.807, 2.05) is 31.2 Å². The second kappa shape index (κ2) is 5.40. The number of aryl methyl sites for hydroxylation is 2. The molecule has 0 radical (unpaired) electrons. The third kappa shape index (κ3) is 2.46. The lowest BCUT2D eigenvalue weighted by atomic mass is 10.0. The Labute approximate surface area is 127 Å². The molecule has 0 atom stereocenters. The van der Waals surface area contributed by atoms with E-state index >= 15 is 0 Å². The van der Waals surface area contributed by atoms with E-state index < -0.39 is 0 Å². The fourth-order valence-electron chi connectivity index (χ4n) is 2.27. The molecule has 6 heteroatoms. The standard InChI is InChI=1S/C16H15N5O/c1-10-5-3-4-6-11(10)15-12(9-18-16(17)19-15)13-7-8-14(22)21(2)20-13/h3-9H,1-2H3,(H2,17,18,19). The summed E-state index contributed by atoms with van der Waals surface area (Å²) in [6.45, 7) is 2.01. The molecule has 0 aliphatic carbocycles. The van der Waals surface area contributed by atoms with E-state index in [4.69, 9.17) is 5.73 Å². The maximum Gasteiger partial charge on any atom is 0.266 e. The van der Waals surface area contributed by atoms with Crippen LogP contribution in [0.25, 0.3) is 22.5 Å². The smallest absolute Gasteiger partial charge is 0.266 e. The van der Waals surface area contributed by atoms with Crippen molar-refractivity contribution in [2.24, 2.45) is 7.05 Å². The quantitative estimate of drug-likeness (QED) is 0.778. The summed E-state index contributed by atoms with van der Waals surface area (Å²) < 4.78 is 1.29. The van der Waals surface area contributed by atoms with Crippen LogP contribution in [0.4, 0.5) is 5.95 Å². The van der Waals surface area contributed by atoms with Crippen molar-refractivity contribution < 1.29 is 0 Å². The van der Waals surface area contributed by atoms with Crippen LogP contribution < -0.4 is 11.3 Å². The summed E-state index contributed by atoms with van der Waals surface area (Å²) in [6.07, 6.45) is 1.64. The van der Waals surface area contributed by atoms with Gasteiger partial charge >= 0.3 is 0 Å². The van der Waals surface area contributed by atoms with Crippen molar-refractivity contribution in [3.63, 3.8) is 0 Å². The predicted molar refractivity (Wildman–Crippen MR) is 85.1 cm³/mol. The van der Waals surface area contributed by atoms with Gasteiger partial charge < -0.3 is 5.73 Å². The van der Waals surface area contributed by atoms with Gasteiger partial charge in [0.05, 0.1) is 11.4 Å². The molecule has 0 amide bonds. The Hall–Kier alpha value is -3.02. The molecule has 0 aliphatic heterocycles. The SMILES string of the molecule is Cc1ccccc1-c1nc(N)ncc1-c1ccc(=O)n(C)n1. The van der Waals surface area contributed by atoms with Crippen LogP contribution in [0.3, 0.4) is 0 Å². The zero-order valence-corrected chi connectivity index (χ0v) is 12.3. The third-order valence-corrected chi connectivity index (χ3v) is 3.44. The molecule has 0 saturated heterocycles. The van der Waals surface area contributed by atoms with E-state index in [2.05, 4.69) is 15.1 Å². The molecule has 0 aliphatic rings. The van der Waals surface area contributed by atoms with Crippen molar-refractivity contribution in [1.82, 2.24) is 19.7 Å². The molecule has 2 aromatic heterocycles. The fourth-order valence-corrected chi connectivity index (χ4v) is 2.27. The molecule has 3 aromatic rings. The number of nitrogens with zero attached hydrogens (tertiary/aromatic N) is 4. The molecule has 6 nitrogen and oxygen atoms in total. The molecule has 3 rings (SSSR count). The lowest BCUT2D eigenvalue weighted by molar-refractivity contribution is 0.712. The Morgan fingerprint density at radius 2 is 1.86 bits per heavy atom. The number of anilines is 1. The van der Waals surface area contributed by atoms with Crippen LogP contribution in [-0.2, 0) is 7.05 Å². The van der Waals surface area contributed by atoms with Crippen LogP contribution in [0.5, 0.6) is 0 Å². The minimum absolute atomic E-state index is 0.169. The molecule has 0 saturated carbocycles. The minimum atomic E-state index is -0.169. The summed E-state index contributed by atoms with van der Waals surface area (Å²) in [5.41, 5.74) is 9.68. The van der Waals surface area contributed by atoms with E-state index in [0.29, 0.717) is 11.4 Å². The van der Waals surface area contributed by atoms with Crippen molar-refractivity contribution in [2.45, 2.75) is 6.92 Å². The zero-order chi connectivity index (χ0) is 15.7. The average Bonchev–Trinajstić information content (AvgIpc) is 2.51. The van der Waals surface area contributed by atoms with Crippen LogP contribution in [0.1, 0.15) is 5.56 Å². The Bertz CT molecular complexity index is 901. The maximum absolute atomic E-state index is 11.5. The normalized spacial score (nSPS) is 10.6. The van der Waals surface area contributed by atoms with Crippen LogP contribution in [-0.4, -0.2) is 19.7 Å². The van der Waals surface area contributed by atoms with E-state index in [0.717, 1.165) is 16.7 Å². The monoisotopic (exact) mass is 293 g/mol. The van der Waals surface area contributed by atoms with Crippen LogP contribution >= 0.6 is 0 Å². The molecule has 0 spiro atoms. The fraction of sp³-hybridized carbons (Fsp3) is 0.125. The number of benzene rings is 1. The van der Waals surface area contributed by atoms with Crippen LogP contribution in [0.15, 0.2) is 47.4 Å². The van der Waals surface area contributed by atoms with Gasteiger partial charge in [-0.1, -0.05) is 24.3 Å². The summed E-state index contributed by atoms with van der Waals surface area (Å²) in [5, 5.41) is 4.27. The largest absolute Gasteiger partial charge is 0.368 e. The van der Waals surface area contributed by atoms with Gasteiger partial charge in [0.2, 0.25) is 5.95 Å². The Morgan fingerprint density at radius 3 is 2.59 bits per heavy atom.